The maximum Gasteiger partial charge on any atom is 0.238 e. The van der Waals surface area contributed by atoms with Crippen LogP contribution in [-0.2, 0) is 9.59 Å². The van der Waals surface area contributed by atoms with E-state index in [2.05, 4.69) is 58.9 Å². The molecule has 1 N–H and O–H groups in total. The van der Waals surface area contributed by atoms with Crippen molar-refractivity contribution in [2.75, 3.05) is 32.7 Å². The van der Waals surface area contributed by atoms with Crippen molar-refractivity contribution in [3.05, 3.63) is 71.8 Å². The second-order valence-corrected chi connectivity index (χ2v) is 7.86. The lowest BCUT2D eigenvalue weighted by Crippen LogP contribution is -2.53. The van der Waals surface area contributed by atoms with Crippen molar-refractivity contribution in [1.82, 2.24) is 20.2 Å². The number of amides is 2. The van der Waals surface area contributed by atoms with E-state index < -0.39 is 0 Å². The highest BCUT2D eigenvalue weighted by Crippen LogP contribution is 2.29. The first kappa shape index (κ1) is 19.6. The molecule has 0 aromatic heterocycles. The monoisotopic (exact) mass is 392 g/mol. The molecule has 2 heterocycles. The largest absolute Gasteiger partial charge is 0.339 e. The van der Waals surface area contributed by atoms with Gasteiger partial charge in [0.15, 0.2) is 0 Å². The Balaban J connectivity index is 1.42. The van der Waals surface area contributed by atoms with E-state index in [9.17, 15) is 9.59 Å². The molecule has 2 aliphatic rings. The average molecular weight is 393 g/mol. The van der Waals surface area contributed by atoms with Crippen LogP contribution in [0.15, 0.2) is 60.7 Å². The van der Waals surface area contributed by atoms with Crippen LogP contribution in [0.5, 0.6) is 0 Å². The number of carbonyl (C=O) groups excluding carboxylic acids is 2. The number of piperazine rings is 1. The number of nitrogens with one attached hydrogen (secondary N) is 1. The fraction of sp³-hybridized carbons (Fsp3) is 0.391. The summed E-state index contributed by atoms with van der Waals surface area (Å²) in [4.78, 5) is 28.6. The molecule has 2 aromatic rings. The van der Waals surface area contributed by atoms with Gasteiger partial charge in [-0.3, -0.25) is 19.9 Å². The summed E-state index contributed by atoms with van der Waals surface area (Å²) >= 11 is 0. The molecule has 1 unspecified atom stereocenters. The first-order valence-corrected chi connectivity index (χ1v) is 10.3. The smallest absolute Gasteiger partial charge is 0.238 e. The first-order valence-electron chi connectivity index (χ1n) is 10.3. The number of nitrogens with zero attached hydrogens (tertiary/aromatic N) is 3. The van der Waals surface area contributed by atoms with E-state index in [0.29, 0.717) is 19.5 Å². The Hall–Kier alpha value is -2.70. The zero-order valence-electron chi connectivity index (χ0n) is 16.8. The van der Waals surface area contributed by atoms with Crippen LogP contribution in [0, 0.1) is 0 Å². The summed E-state index contributed by atoms with van der Waals surface area (Å²) in [6.07, 6.45) is 0.455. The fourth-order valence-corrected chi connectivity index (χ4v) is 4.25. The average Bonchev–Trinajstić information content (AvgIpc) is 3.07. The molecular formula is C23H28N4O2. The summed E-state index contributed by atoms with van der Waals surface area (Å²) in [6, 6.07) is 21.3. The minimum atomic E-state index is -0.0105. The normalized spacial score (nSPS) is 20.8. The van der Waals surface area contributed by atoms with Gasteiger partial charge in [-0.1, -0.05) is 60.7 Å². The second kappa shape index (κ2) is 8.76. The summed E-state index contributed by atoms with van der Waals surface area (Å²) in [6.45, 7) is 5.25. The van der Waals surface area contributed by atoms with Gasteiger partial charge in [0.2, 0.25) is 11.8 Å². The predicted octanol–water partition coefficient (Wildman–Crippen LogP) is 2.05. The Morgan fingerprint density at radius 3 is 2.00 bits per heavy atom. The van der Waals surface area contributed by atoms with Crippen molar-refractivity contribution in [3.63, 3.8) is 0 Å². The molecule has 2 amide bonds. The summed E-state index contributed by atoms with van der Waals surface area (Å²) < 4.78 is 0. The topological polar surface area (TPSA) is 55.9 Å². The molecule has 2 aromatic carbocycles. The Bertz CT molecular complexity index is 795. The number of hydrogen-bond donors (Lipinski definition) is 1. The molecule has 0 aliphatic carbocycles. The maximum atomic E-state index is 12.7. The van der Waals surface area contributed by atoms with Gasteiger partial charge >= 0.3 is 0 Å². The Labute approximate surface area is 172 Å². The third-order valence-electron chi connectivity index (χ3n) is 5.85. The summed E-state index contributed by atoms with van der Waals surface area (Å²) in [5.41, 5.74) is 5.32. The highest BCUT2D eigenvalue weighted by atomic mass is 16.2. The minimum Gasteiger partial charge on any atom is -0.339 e. The van der Waals surface area contributed by atoms with Crippen molar-refractivity contribution in [1.29, 1.82) is 0 Å². The summed E-state index contributed by atoms with van der Waals surface area (Å²) in [5, 5.41) is 1.76. The van der Waals surface area contributed by atoms with E-state index in [0.717, 1.165) is 13.1 Å². The van der Waals surface area contributed by atoms with E-state index in [1.165, 1.54) is 11.1 Å². The molecule has 4 rings (SSSR count). The Morgan fingerprint density at radius 2 is 1.52 bits per heavy atom. The summed E-state index contributed by atoms with van der Waals surface area (Å²) in [7, 11) is 0. The number of benzene rings is 2. The van der Waals surface area contributed by atoms with Crippen LogP contribution in [0.1, 0.15) is 30.5 Å². The van der Waals surface area contributed by atoms with Crippen molar-refractivity contribution < 1.29 is 9.59 Å². The van der Waals surface area contributed by atoms with Crippen LogP contribution >= 0.6 is 0 Å². The Morgan fingerprint density at radius 1 is 0.966 bits per heavy atom. The molecular weight excluding hydrogens is 364 g/mol. The SMILES string of the molecule is CC1CC(=O)NN1CC(=O)N1CCN(C(c2ccccc2)c2ccccc2)CC1. The van der Waals surface area contributed by atoms with Gasteiger partial charge in [-0.15, -0.1) is 0 Å². The number of carbonyl (C=O) groups is 2. The van der Waals surface area contributed by atoms with Crippen LogP contribution in [0.25, 0.3) is 0 Å². The van der Waals surface area contributed by atoms with E-state index in [1.807, 2.05) is 24.0 Å². The van der Waals surface area contributed by atoms with E-state index in [4.69, 9.17) is 0 Å². The van der Waals surface area contributed by atoms with Crippen LogP contribution in [0.4, 0.5) is 0 Å². The van der Waals surface area contributed by atoms with Gasteiger partial charge in [0.1, 0.15) is 0 Å². The van der Waals surface area contributed by atoms with Crippen LogP contribution < -0.4 is 5.43 Å². The lowest BCUT2D eigenvalue weighted by Gasteiger charge is -2.40. The molecule has 152 valence electrons. The van der Waals surface area contributed by atoms with Crippen molar-refractivity contribution >= 4 is 11.8 Å². The number of rotatable bonds is 5. The van der Waals surface area contributed by atoms with E-state index in [-0.39, 0.29) is 30.4 Å². The minimum absolute atomic E-state index is 0.0105. The lowest BCUT2D eigenvalue weighted by atomic mass is 9.96. The quantitative estimate of drug-likeness (QED) is 0.846. The highest BCUT2D eigenvalue weighted by Gasteiger charge is 2.32. The van der Waals surface area contributed by atoms with Crippen molar-refractivity contribution in [2.24, 2.45) is 0 Å². The van der Waals surface area contributed by atoms with Gasteiger partial charge in [-0.2, -0.15) is 0 Å². The molecule has 0 bridgehead atoms. The van der Waals surface area contributed by atoms with Gasteiger partial charge in [0.05, 0.1) is 12.6 Å². The van der Waals surface area contributed by atoms with Crippen LogP contribution in [0.2, 0.25) is 0 Å². The number of hydrazine groups is 1. The zero-order valence-corrected chi connectivity index (χ0v) is 16.8. The molecule has 0 radical (unpaired) electrons. The molecule has 6 nitrogen and oxygen atoms in total. The fourth-order valence-electron chi connectivity index (χ4n) is 4.25. The van der Waals surface area contributed by atoms with E-state index >= 15 is 0 Å². The third kappa shape index (κ3) is 4.49. The second-order valence-electron chi connectivity index (χ2n) is 7.86. The molecule has 2 fully saturated rings. The van der Waals surface area contributed by atoms with Crippen molar-refractivity contribution in [3.8, 4) is 0 Å². The maximum absolute atomic E-state index is 12.7. The molecule has 6 heteroatoms. The van der Waals surface area contributed by atoms with Gasteiger partial charge in [-0.25, -0.2) is 5.01 Å². The van der Waals surface area contributed by atoms with Crippen LogP contribution in [0.3, 0.4) is 0 Å². The van der Waals surface area contributed by atoms with Gasteiger partial charge < -0.3 is 4.90 Å². The van der Waals surface area contributed by atoms with Gasteiger partial charge in [-0.05, 0) is 18.1 Å². The van der Waals surface area contributed by atoms with E-state index in [1.54, 1.807) is 5.01 Å². The molecule has 0 spiro atoms. The standard InChI is InChI=1S/C23H28N4O2/c1-18-16-21(28)24-27(18)17-22(29)25-12-14-26(15-13-25)23(19-8-4-2-5-9-19)20-10-6-3-7-11-20/h2-11,18,23H,12-17H2,1H3,(H,24,28). The Kier molecular flexibility index (Phi) is 5.92. The number of hydrogen-bond acceptors (Lipinski definition) is 4. The third-order valence-corrected chi connectivity index (χ3v) is 5.85. The zero-order chi connectivity index (χ0) is 20.2. The molecule has 2 aliphatic heterocycles. The van der Waals surface area contributed by atoms with Crippen LogP contribution in [-0.4, -0.2) is 65.4 Å². The molecule has 2 saturated heterocycles. The lowest BCUT2D eigenvalue weighted by molar-refractivity contribution is -0.135. The molecule has 1 atom stereocenters. The predicted molar refractivity (Wildman–Crippen MR) is 112 cm³/mol. The van der Waals surface area contributed by atoms with Crippen molar-refractivity contribution in [2.45, 2.75) is 25.4 Å². The molecule has 29 heavy (non-hydrogen) atoms. The van der Waals surface area contributed by atoms with Gasteiger partial charge in [0.25, 0.3) is 0 Å². The molecule has 0 saturated carbocycles. The first-order chi connectivity index (χ1) is 14.1. The summed E-state index contributed by atoms with van der Waals surface area (Å²) in [5.74, 6) is 0.0679. The highest BCUT2D eigenvalue weighted by molar-refractivity contribution is 5.81. The van der Waals surface area contributed by atoms with Gasteiger partial charge in [0, 0.05) is 38.6 Å².